The third-order valence-electron chi connectivity index (χ3n) is 3.85. The Morgan fingerprint density at radius 3 is 2.67 bits per heavy atom. The lowest BCUT2D eigenvalue weighted by Gasteiger charge is -2.19. The summed E-state index contributed by atoms with van der Waals surface area (Å²) < 4.78 is 16.2. The van der Waals surface area contributed by atoms with Crippen LogP contribution in [0.3, 0.4) is 0 Å². The molecule has 2 aromatic carbocycles. The smallest absolute Gasteiger partial charge is 0.271 e. The molecule has 27 heavy (non-hydrogen) atoms. The Morgan fingerprint density at radius 1 is 1.22 bits per heavy atom. The molecule has 3 rings (SSSR count). The molecule has 0 aliphatic carbocycles. The number of anilines is 1. The molecule has 1 amide bonds. The first-order valence-electron chi connectivity index (χ1n) is 8.17. The number of methoxy groups -OCH3 is 1. The summed E-state index contributed by atoms with van der Waals surface area (Å²) in [5.74, 6) is 1.39. The van der Waals surface area contributed by atoms with E-state index in [1.807, 2.05) is 18.2 Å². The minimum Gasteiger partial charge on any atom is -0.495 e. The lowest BCUT2D eigenvalue weighted by molar-refractivity contribution is -0.384. The summed E-state index contributed by atoms with van der Waals surface area (Å²) in [6.45, 7) is 2.76. The summed E-state index contributed by atoms with van der Waals surface area (Å²) in [4.78, 5) is 23.8. The molecule has 1 heterocycles. The van der Waals surface area contributed by atoms with E-state index in [2.05, 4.69) is 5.32 Å². The Hall–Kier alpha value is -2.94. The van der Waals surface area contributed by atoms with Gasteiger partial charge < -0.3 is 19.5 Å². The lowest BCUT2D eigenvalue weighted by Crippen LogP contribution is -2.22. The van der Waals surface area contributed by atoms with Crippen molar-refractivity contribution >= 4 is 29.0 Å². The fourth-order valence-corrected chi connectivity index (χ4v) is 3.39. The van der Waals surface area contributed by atoms with Gasteiger partial charge in [0.25, 0.3) is 5.69 Å². The number of hydrogen-bond acceptors (Lipinski definition) is 7. The van der Waals surface area contributed by atoms with Crippen LogP contribution < -0.4 is 19.5 Å². The van der Waals surface area contributed by atoms with Crippen molar-refractivity contribution in [2.45, 2.75) is 17.1 Å². The third kappa shape index (κ3) is 4.43. The molecule has 0 unspecified atom stereocenters. The first-order chi connectivity index (χ1) is 13.0. The summed E-state index contributed by atoms with van der Waals surface area (Å²) in [5.41, 5.74) is 0.129. The molecule has 0 aromatic heterocycles. The molecule has 0 saturated heterocycles. The van der Waals surface area contributed by atoms with Crippen LogP contribution in [0.4, 0.5) is 11.4 Å². The average Bonchev–Trinajstić information content (AvgIpc) is 2.67. The number of carbonyl (C=O) groups excluding carboxylic acids is 1. The summed E-state index contributed by atoms with van der Waals surface area (Å²) in [5, 5.41) is 13.2. The van der Waals surface area contributed by atoms with Crippen molar-refractivity contribution in [1.82, 2.24) is 0 Å². The van der Waals surface area contributed by atoms with E-state index in [1.54, 1.807) is 6.92 Å². The van der Waals surface area contributed by atoms with E-state index >= 15 is 0 Å². The molecule has 1 aliphatic heterocycles. The summed E-state index contributed by atoms with van der Waals surface area (Å²) in [6.07, 6.45) is 0. The average molecular weight is 390 g/mol. The Bertz CT molecular complexity index is 873. The van der Waals surface area contributed by atoms with Crippen LogP contribution in [-0.4, -0.2) is 36.4 Å². The Balaban J connectivity index is 1.71. The number of nitro groups is 1. The maximum atomic E-state index is 12.5. The number of amides is 1. The Labute approximate surface area is 160 Å². The monoisotopic (exact) mass is 390 g/mol. The molecule has 1 aliphatic rings. The lowest BCUT2D eigenvalue weighted by atomic mass is 10.2. The highest BCUT2D eigenvalue weighted by Crippen LogP contribution is 2.36. The first-order valence-corrected chi connectivity index (χ1v) is 9.05. The molecular weight excluding hydrogens is 372 g/mol. The molecule has 1 N–H and O–H groups in total. The molecule has 0 saturated carbocycles. The van der Waals surface area contributed by atoms with Gasteiger partial charge in [-0.2, -0.15) is 0 Å². The maximum absolute atomic E-state index is 12.5. The highest BCUT2D eigenvalue weighted by atomic mass is 32.2. The minimum atomic E-state index is -0.525. The number of hydrogen-bond donors (Lipinski definition) is 1. The second-order valence-corrected chi connectivity index (χ2v) is 7.11. The topological polar surface area (TPSA) is 99.9 Å². The van der Waals surface area contributed by atoms with Crippen LogP contribution in [0.25, 0.3) is 0 Å². The second-order valence-electron chi connectivity index (χ2n) is 5.70. The predicted octanol–water partition coefficient (Wildman–Crippen LogP) is 3.49. The van der Waals surface area contributed by atoms with Crippen LogP contribution in [0.2, 0.25) is 0 Å². The van der Waals surface area contributed by atoms with Gasteiger partial charge >= 0.3 is 0 Å². The van der Waals surface area contributed by atoms with Crippen LogP contribution >= 0.6 is 11.8 Å². The zero-order valence-electron chi connectivity index (χ0n) is 14.8. The second kappa shape index (κ2) is 8.17. The van der Waals surface area contributed by atoms with Crippen LogP contribution in [0.1, 0.15) is 6.92 Å². The van der Waals surface area contributed by atoms with Gasteiger partial charge in [0, 0.05) is 17.0 Å². The number of fused-ring (bicyclic) bond motifs is 1. The van der Waals surface area contributed by atoms with Crippen LogP contribution in [0.5, 0.6) is 17.2 Å². The van der Waals surface area contributed by atoms with Gasteiger partial charge in [0.2, 0.25) is 5.91 Å². The van der Waals surface area contributed by atoms with E-state index in [0.29, 0.717) is 30.5 Å². The number of non-ortho nitro benzene ring substituents is 1. The van der Waals surface area contributed by atoms with Gasteiger partial charge in [-0.25, -0.2) is 0 Å². The zero-order chi connectivity index (χ0) is 19.4. The molecular formula is C18H18N2O6S. The Kier molecular flexibility index (Phi) is 5.70. The van der Waals surface area contributed by atoms with Crippen molar-refractivity contribution < 1.29 is 23.9 Å². The highest BCUT2D eigenvalue weighted by molar-refractivity contribution is 8.00. The van der Waals surface area contributed by atoms with E-state index in [1.165, 1.54) is 37.1 Å². The molecule has 142 valence electrons. The summed E-state index contributed by atoms with van der Waals surface area (Å²) >= 11 is 1.35. The van der Waals surface area contributed by atoms with E-state index in [0.717, 1.165) is 4.90 Å². The van der Waals surface area contributed by atoms with Gasteiger partial charge in [-0.3, -0.25) is 14.9 Å². The third-order valence-corrected chi connectivity index (χ3v) is 4.94. The van der Waals surface area contributed by atoms with E-state index in [-0.39, 0.29) is 17.3 Å². The van der Waals surface area contributed by atoms with Gasteiger partial charge in [0.05, 0.1) is 23.0 Å². The summed E-state index contributed by atoms with van der Waals surface area (Å²) in [6, 6.07) is 9.55. The van der Waals surface area contributed by atoms with Crippen molar-refractivity contribution in [3.63, 3.8) is 0 Å². The molecule has 0 bridgehead atoms. The Morgan fingerprint density at radius 2 is 1.96 bits per heavy atom. The van der Waals surface area contributed by atoms with Crippen molar-refractivity contribution in [3.8, 4) is 17.2 Å². The number of nitrogens with zero attached hydrogens (tertiary/aromatic N) is 1. The molecule has 0 spiro atoms. The molecule has 0 radical (unpaired) electrons. The standard InChI is InChI=1S/C18H18N2O6S/c1-11(27-13-4-6-16-17(10-13)26-8-7-25-16)18(21)19-14-9-12(20(22)23)3-5-15(14)24-2/h3-6,9-11H,7-8H2,1-2H3,(H,19,21)/t11-/m1/s1. The van der Waals surface area contributed by atoms with E-state index in [4.69, 9.17) is 14.2 Å². The van der Waals surface area contributed by atoms with Crippen molar-refractivity contribution in [3.05, 3.63) is 46.5 Å². The number of thioether (sulfide) groups is 1. The number of carbonyl (C=O) groups is 1. The van der Waals surface area contributed by atoms with Crippen LogP contribution in [0.15, 0.2) is 41.3 Å². The van der Waals surface area contributed by atoms with E-state index < -0.39 is 10.2 Å². The predicted molar refractivity (Wildman–Crippen MR) is 101 cm³/mol. The molecule has 2 aromatic rings. The highest BCUT2D eigenvalue weighted by Gasteiger charge is 2.20. The van der Waals surface area contributed by atoms with Gasteiger partial charge in [-0.1, -0.05) is 0 Å². The zero-order valence-corrected chi connectivity index (χ0v) is 15.6. The number of nitrogens with one attached hydrogen (secondary N) is 1. The van der Waals surface area contributed by atoms with Crippen LogP contribution in [0, 0.1) is 10.1 Å². The molecule has 9 heteroatoms. The molecule has 0 fully saturated rings. The van der Waals surface area contributed by atoms with E-state index in [9.17, 15) is 14.9 Å². The molecule has 8 nitrogen and oxygen atoms in total. The minimum absolute atomic E-state index is 0.127. The number of benzene rings is 2. The van der Waals surface area contributed by atoms with Gasteiger partial charge in [-0.05, 0) is 31.2 Å². The first kappa shape index (κ1) is 18.8. The van der Waals surface area contributed by atoms with Crippen molar-refractivity contribution in [1.29, 1.82) is 0 Å². The molecule has 1 atom stereocenters. The van der Waals surface area contributed by atoms with Crippen molar-refractivity contribution in [2.75, 3.05) is 25.6 Å². The number of ether oxygens (including phenoxy) is 3. The quantitative estimate of drug-likeness (QED) is 0.458. The largest absolute Gasteiger partial charge is 0.495 e. The SMILES string of the molecule is COc1ccc([N+](=O)[O-])cc1NC(=O)[C@@H](C)Sc1ccc2c(c1)OCCO2. The fraction of sp³-hybridized carbons (Fsp3) is 0.278. The maximum Gasteiger partial charge on any atom is 0.271 e. The summed E-state index contributed by atoms with van der Waals surface area (Å²) in [7, 11) is 1.43. The van der Waals surface area contributed by atoms with Gasteiger partial charge in [0.15, 0.2) is 11.5 Å². The normalized spacial score (nSPS) is 13.6. The van der Waals surface area contributed by atoms with Crippen molar-refractivity contribution in [2.24, 2.45) is 0 Å². The number of nitro benzene ring substituents is 1. The number of rotatable bonds is 6. The fourth-order valence-electron chi connectivity index (χ4n) is 2.50. The van der Waals surface area contributed by atoms with Gasteiger partial charge in [0.1, 0.15) is 19.0 Å². The van der Waals surface area contributed by atoms with Crippen LogP contribution in [-0.2, 0) is 4.79 Å². The van der Waals surface area contributed by atoms with Gasteiger partial charge in [-0.15, -0.1) is 11.8 Å².